The topological polar surface area (TPSA) is 81.3 Å². The molecule has 7 nitrogen and oxygen atoms in total. The minimum absolute atomic E-state index is 0.00833. The number of anilines is 1. The zero-order valence-electron chi connectivity index (χ0n) is 17.6. The lowest BCUT2D eigenvalue weighted by Crippen LogP contribution is -2.46. The van der Waals surface area contributed by atoms with Crippen LogP contribution in [-0.4, -0.2) is 76.9 Å². The van der Waals surface area contributed by atoms with Gasteiger partial charge in [-0.3, -0.25) is 9.47 Å². The Morgan fingerprint density at radius 1 is 1.03 bits per heavy atom. The van der Waals surface area contributed by atoms with E-state index >= 15 is 0 Å². The molecule has 0 bridgehead atoms. The number of methoxy groups -OCH3 is 1. The predicted octanol–water partition coefficient (Wildman–Crippen LogP) is 2.06. The first kappa shape index (κ1) is 21.7. The largest absolute Gasteiger partial charge is 0.495 e. The molecule has 2 aliphatic rings. The van der Waals surface area contributed by atoms with Gasteiger partial charge in [0.1, 0.15) is 17.7 Å². The second kappa shape index (κ2) is 8.92. The third kappa shape index (κ3) is 4.29. The molecular formula is C22H29F2N3O4. The van der Waals surface area contributed by atoms with Crippen LogP contribution in [0.1, 0.15) is 17.5 Å². The van der Waals surface area contributed by atoms with E-state index < -0.39 is 12.3 Å². The van der Waals surface area contributed by atoms with E-state index in [-0.39, 0.29) is 30.4 Å². The first-order valence-electron chi connectivity index (χ1n) is 10.6. The molecule has 31 heavy (non-hydrogen) atoms. The van der Waals surface area contributed by atoms with Gasteiger partial charge >= 0.3 is 0 Å². The predicted molar refractivity (Wildman–Crippen MR) is 112 cm³/mol. The van der Waals surface area contributed by atoms with Crippen LogP contribution in [0.25, 0.3) is 0 Å². The van der Waals surface area contributed by atoms with Crippen molar-refractivity contribution in [1.29, 1.82) is 0 Å². The maximum absolute atomic E-state index is 13.8. The van der Waals surface area contributed by atoms with Crippen LogP contribution < -0.4 is 9.64 Å². The van der Waals surface area contributed by atoms with Crippen LogP contribution in [0.2, 0.25) is 0 Å². The first-order valence-corrected chi connectivity index (χ1v) is 10.6. The maximum atomic E-state index is 13.8. The number of hydrogen-bond acceptors (Lipinski definition) is 6. The summed E-state index contributed by atoms with van der Waals surface area (Å²) in [5.74, 6) is 0.170. The number of piperazine rings is 1. The number of hydrogen-bond donors (Lipinski definition) is 3. The van der Waals surface area contributed by atoms with Crippen molar-refractivity contribution in [2.45, 2.75) is 38.1 Å². The Bertz CT molecular complexity index is 894. The summed E-state index contributed by atoms with van der Waals surface area (Å²) in [5.41, 5.74) is 1.59. The van der Waals surface area contributed by atoms with Crippen LogP contribution in [0.15, 0.2) is 18.2 Å². The molecular weight excluding hydrogens is 408 g/mol. The third-order valence-electron chi connectivity index (χ3n) is 6.36. The third-order valence-corrected chi connectivity index (χ3v) is 6.36. The van der Waals surface area contributed by atoms with Crippen molar-refractivity contribution in [1.82, 2.24) is 9.47 Å². The Hall–Kier alpha value is -2.52. The van der Waals surface area contributed by atoms with Crippen LogP contribution in [0.3, 0.4) is 0 Å². The number of aromatic nitrogens is 1. The lowest BCUT2D eigenvalue weighted by molar-refractivity contribution is 0.0700. The fourth-order valence-electron chi connectivity index (χ4n) is 4.58. The molecule has 2 heterocycles. The number of rotatable bonds is 6. The monoisotopic (exact) mass is 437 g/mol. The molecule has 1 fully saturated rings. The summed E-state index contributed by atoms with van der Waals surface area (Å²) in [4.78, 5) is 4.38. The number of aromatic hydroxyl groups is 2. The molecule has 1 saturated heterocycles. The van der Waals surface area contributed by atoms with E-state index in [1.807, 2.05) is 0 Å². The number of fused-ring (bicyclic) bond motifs is 1. The molecule has 4 rings (SSSR count). The summed E-state index contributed by atoms with van der Waals surface area (Å²) in [6, 6.07) is 4.51. The number of aliphatic hydroxyl groups excluding tert-OH is 1. The molecule has 0 saturated carbocycles. The quantitative estimate of drug-likeness (QED) is 0.642. The van der Waals surface area contributed by atoms with Crippen LogP contribution >= 0.6 is 0 Å². The molecule has 170 valence electrons. The molecule has 3 N–H and O–H groups in total. The minimum Gasteiger partial charge on any atom is -0.495 e. The molecule has 0 spiro atoms. The van der Waals surface area contributed by atoms with Gasteiger partial charge in [-0.1, -0.05) is 0 Å². The maximum Gasteiger partial charge on any atom is 0.197 e. The lowest BCUT2D eigenvalue weighted by atomic mass is 9.91. The van der Waals surface area contributed by atoms with Crippen molar-refractivity contribution >= 4 is 5.69 Å². The average Bonchev–Trinajstić information content (AvgIpc) is 2.99. The first-order chi connectivity index (χ1) is 14.9. The summed E-state index contributed by atoms with van der Waals surface area (Å²) in [7, 11) is 1.57. The van der Waals surface area contributed by atoms with Gasteiger partial charge in [-0.25, -0.2) is 8.78 Å². The summed E-state index contributed by atoms with van der Waals surface area (Å²) in [6.45, 7) is 4.25. The average molecular weight is 437 g/mol. The van der Waals surface area contributed by atoms with Crippen LogP contribution in [0.5, 0.6) is 17.5 Å². The number of ether oxygens (including phenoxy) is 1. The highest BCUT2D eigenvalue weighted by molar-refractivity contribution is 5.59. The Morgan fingerprint density at radius 2 is 1.71 bits per heavy atom. The van der Waals surface area contributed by atoms with Crippen molar-refractivity contribution in [3.8, 4) is 17.5 Å². The number of aliphatic hydroxyl groups is 1. The second-order valence-electron chi connectivity index (χ2n) is 8.25. The molecule has 9 heteroatoms. The molecule has 1 aromatic heterocycles. The van der Waals surface area contributed by atoms with Gasteiger partial charge in [0.05, 0.1) is 18.9 Å². The van der Waals surface area contributed by atoms with Crippen molar-refractivity contribution in [2.75, 3.05) is 44.7 Å². The molecule has 1 aliphatic carbocycles. The van der Waals surface area contributed by atoms with Gasteiger partial charge in [0.25, 0.3) is 0 Å². The molecule has 2 atom stereocenters. The number of alkyl halides is 1. The van der Waals surface area contributed by atoms with Crippen molar-refractivity contribution in [3.05, 3.63) is 35.1 Å². The zero-order valence-corrected chi connectivity index (χ0v) is 17.6. The van der Waals surface area contributed by atoms with Crippen LogP contribution in [0.4, 0.5) is 14.5 Å². The Kier molecular flexibility index (Phi) is 6.24. The highest BCUT2D eigenvalue weighted by atomic mass is 19.1. The second-order valence-corrected chi connectivity index (χ2v) is 8.25. The Balaban J connectivity index is 1.32. The Morgan fingerprint density at radius 3 is 2.39 bits per heavy atom. The van der Waals surface area contributed by atoms with Gasteiger partial charge in [0.15, 0.2) is 11.8 Å². The van der Waals surface area contributed by atoms with Gasteiger partial charge in [-0.15, -0.1) is 0 Å². The molecule has 1 aliphatic heterocycles. The van der Waals surface area contributed by atoms with Gasteiger partial charge in [0.2, 0.25) is 0 Å². The fraction of sp³-hybridized carbons (Fsp3) is 0.545. The fourth-order valence-corrected chi connectivity index (χ4v) is 4.58. The van der Waals surface area contributed by atoms with E-state index in [1.165, 1.54) is 16.7 Å². The van der Waals surface area contributed by atoms with E-state index in [9.17, 15) is 24.1 Å². The normalized spacial score (nSPS) is 21.9. The van der Waals surface area contributed by atoms with Crippen molar-refractivity contribution < 1.29 is 28.8 Å². The number of benzene rings is 1. The molecule has 2 unspecified atom stereocenters. The lowest BCUT2D eigenvalue weighted by Gasteiger charge is -2.36. The standard InChI is InChI=1S/C22H29F2N3O4/c1-31-20-4-3-14(23)11-18(20)26-9-7-25(8-10-26)5-2-6-27-21(29)15-12-17(24)19(28)13-16(15)22(27)30/h3-4,11,17,19,28-30H,2,5-10,12-13H2,1H3. The van der Waals surface area contributed by atoms with Crippen molar-refractivity contribution in [2.24, 2.45) is 0 Å². The van der Waals surface area contributed by atoms with Gasteiger partial charge in [-0.2, -0.15) is 0 Å². The summed E-state index contributed by atoms with van der Waals surface area (Å²) in [6.07, 6.45) is -1.97. The highest BCUT2D eigenvalue weighted by Gasteiger charge is 2.34. The smallest absolute Gasteiger partial charge is 0.197 e. The van der Waals surface area contributed by atoms with Gasteiger partial charge in [-0.05, 0) is 25.1 Å². The SMILES string of the molecule is COc1ccc(F)cc1N1CCN(CCCn2c(O)c3c(c2O)CC(F)C(O)C3)CC1. The van der Waals surface area contributed by atoms with E-state index in [4.69, 9.17) is 4.74 Å². The minimum atomic E-state index is -1.43. The van der Waals surface area contributed by atoms with Crippen LogP contribution in [-0.2, 0) is 19.4 Å². The molecule has 1 aromatic carbocycles. The molecule has 0 radical (unpaired) electrons. The van der Waals surface area contributed by atoms with E-state index in [0.29, 0.717) is 29.8 Å². The molecule has 0 amide bonds. The summed E-state index contributed by atoms with van der Waals surface area (Å²) < 4.78 is 34.2. The summed E-state index contributed by atoms with van der Waals surface area (Å²) in [5, 5.41) is 30.6. The van der Waals surface area contributed by atoms with E-state index in [1.54, 1.807) is 13.2 Å². The van der Waals surface area contributed by atoms with Crippen molar-refractivity contribution in [3.63, 3.8) is 0 Å². The van der Waals surface area contributed by atoms with E-state index in [2.05, 4.69) is 9.80 Å². The van der Waals surface area contributed by atoms with E-state index in [0.717, 1.165) is 38.4 Å². The number of halogens is 2. The van der Waals surface area contributed by atoms with Gasteiger partial charge in [0, 0.05) is 62.8 Å². The zero-order chi connectivity index (χ0) is 22.1. The Labute approximate surface area is 180 Å². The molecule has 2 aromatic rings. The van der Waals surface area contributed by atoms with Crippen LogP contribution in [0, 0.1) is 5.82 Å². The number of nitrogens with zero attached hydrogens (tertiary/aromatic N) is 3. The van der Waals surface area contributed by atoms with Gasteiger partial charge < -0.3 is 25.0 Å². The summed E-state index contributed by atoms with van der Waals surface area (Å²) >= 11 is 0. The highest BCUT2D eigenvalue weighted by Crippen LogP contribution is 2.39.